The molecule has 61 heavy (non-hydrogen) atoms. The van der Waals surface area contributed by atoms with E-state index < -0.39 is 68.7 Å². The summed E-state index contributed by atoms with van der Waals surface area (Å²) >= 11 is 0. The largest absolute Gasteiger partial charge is 0.453 e. The van der Waals surface area contributed by atoms with E-state index in [1.807, 2.05) is 17.0 Å². The molecule has 4 heterocycles. The third-order valence-electron chi connectivity index (χ3n) is 10.7. The van der Waals surface area contributed by atoms with E-state index in [-0.39, 0.29) is 54.7 Å². The summed E-state index contributed by atoms with van der Waals surface area (Å²) in [5.41, 5.74) is 0.869. The van der Waals surface area contributed by atoms with Crippen LogP contribution in [0.4, 0.5) is 30.2 Å². The number of nitriles is 1. The molecule has 3 fully saturated rings. The summed E-state index contributed by atoms with van der Waals surface area (Å²) < 4.78 is 79.9. The number of rotatable bonds is 10. The fourth-order valence-corrected chi connectivity index (χ4v) is 8.71. The fourth-order valence-electron chi connectivity index (χ4n) is 7.43. The molecule has 4 aromatic carbocycles. The number of alkyl halides is 1. The number of anilines is 3. The first kappa shape index (κ1) is 40.8. The zero-order valence-corrected chi connectivity index (χ0v) is 32.9. The van der Waals surface area contributed by atoms with Gasteiger partial charge in [-0.1, -0.05) is 0 Å². The summed E-state index contributed by atoms with van der Waals surface area (Å²) in [7, 11) is -4.26. The molecule has 314 valence electrons. The van der Waals surface area contributed by atoms with Crippen LogP contribution in [0.2, 0.25) is 0 Å². The van der Waals surface area contributed by atoms with Gasteiger partial charge >= 0.3 is 10.2 Å². The number of imide groups is 1. The Morgan fingerprint density at radius 3 is 2.25 bits per heavy atom. The quantitative estimate of drug-likeness (QED) is 0.172. The monoisotopic (exact) mass is 855 g/mol. The number of piperazine rings is 1. The summed E-state index contributed by atoms with van der Waals surface area (Å²) in [5, 5.41) is 14.7. The number of nitrogens with one attached hydrogen (secondary N) is 3. The highest BCUT2D eigenvalue weighted by Gasteiger charge is 2.33. The van der Waals surface area contributed by atoms with Crippen molar-refractivity contribution in [3.8, 4) is 23.3 Å². The molecule has 3 aliphatic heterocycles. The number of hydrogen-bond donors (Lipinski definition) is 3. The number of ether oxygens (including phenoxy) is 1. The summed E-state index contributed by atoms with van der Waals surface area (Å²) in [6, 6.07) is 18.6. The lowest BCUT2D eigenvalue weighted by Crippen LogP contribution is -2.52. The number of carbonyl (C=O) groups excluding carboxylic acids is 3. The van der Waals surface area contributed by atoms with Crippen LogP contribution in [0.5, 0.6) is 11.5 Å². The van der Waals surface area contributed by atoms with Gasteiger partial charge in [0.1, 0.15) is 41.7 Å². The Kier molecular flexibility index (Phi) is 11.1. The molecule has 8 rings (SSSR count). The maximum atomic E-state index is 15.1. The second-order valence-corrected chi connectivity index (χ2v) is 16.3. The first-order valence-corrected chi connectivity index (χ1v) is 20.6. The second-order valence-electron chi connectivity index (χ2n) is 14.6. The predicted molar refractivity (Wildman–Crippen MR) is 217 cm³/mol. The third kappa shape index (κ3) is 8.42. The summed E-state index contributed by atoms with van der Waals surface area (Å²) in [6.07, 6.45) is 0.287. The number of amides is 3. The van der Waals surface area contributed by atoms with Gasteiger partial charge in [-0.2, -0.15) is 18.0 Å². The highest BCUT2D eigenvalue weighted by molar-refractivity contribution is 7.90. The van der Waals surface area contributed by atoms with Gasteiger partial charge < -0.3 is 19.9 Å². The van der Waals surface area contributed by atoms with Gasteiger partial charge in [0.15, 0.2) is 11.6 Å². The molecule has 5 aromatic rings. The third-order valence-corrected chi connectivity index (χ3v) is 12.2. The molecule has 0 radical (unpaired) electrons. The maximum Gasteiger partial charge on any atom is 0.301 e. The van der Waals surface area contributed by atoms with Crippen molar-refractivity contribution in [1.29, 1.82) is 5.26 Å². The van der Waals surface area contributed by atoms with Gasteiger partial charge in [-0.25, -0.2) is 18.2 Å². The zero-order chi connectivity index (χ0) is 43.0. The summed E-state index contributed by atoms with van der Waals surface area (Å²) in [6.45, 7) is 1.84. The van der Waals surface area contributed by atoms with E-state index in [4.69, 9.17) is 4.74 Å². The van der Waals surface area contributed by atoms with Crippen LogP contribution in [0.1, 0.15) is 35.2 Å². The van der Waals surface area contributed by atoms with E-state index in [9.17, 15) is 37.2 Å². The van der Waals surface area contributed by atoms with Gasteiger partial charge in [-0.3, -0.25) is 33.8 Å². The molecule has 1 aromatic heterocycles. The molecule has 20 heteroatoms. The van der Waals surface area contributed by atoms with Gasteiger partial charge in [-0.15, -0.1) is 0 Å². The molecule has 3 N–H and O–H groups in total. The van der Waals surface area contributed by atoms with Crippen molar-refractivity contribution in [1.82, 2.24) is 24.5 Å². The Bertz CT molecular complexity index is 2790. The molecule has 0 spiro atoms. The SMILES string of the molecule is N#Cc1c(NS(=O)(=O)N2CC[C@@H](F)C2)ccc(F)c1Oc1ccc2ncn(-c3ccc(N4CCN(c5ccc(C(=O)NC6CCC(=O)NC6=O)c(F)c5)CC4)cc3)c(=O)c2c1. The number of halogens is 3. The average Bonchev–Trinajstić information content (AvgIpc) is 3.70. The number of fused-ring (bicyclic) bond motifs is 1. The Morgan fingerprint density at radius 2 is 1.57 bits per heavy atom. The maximum absolute atomic E-state index is 15.1. The van der Waals surface area contributed by atoms with Gasteiger partial charge in [0, 0.05) is 57.1 Å². The molecule has 2 atom stereocenters. The van der Waals surface area contributed by atoms with E-state index in [0.29, 0.717) is 43.1 Å². The van der Waals surface area contributed by atoms with Crippen molar-refractivity contribution < 1.29 is 40.7 Å². The number of piperidine rings is 1. The van der Waals surface area contributed by atoms with Crippen molar-refractivity contribution in [3.05, 3.63) is 112 Å². The zero-order valence-electron chi connectivity index (χ0n) is 32.1. The van der Waals surface area contributed by atoms with E-state index in [2.05, 4.69) is 25.2 Å². The lowest BCUT2D eigenvalue weighted by Gasteiger charge is -2.37. The van der Waals surface area contributed by atoms with E-state index in [1.54, 1.807) is 24.3 Å². The lowest BCUT2D eigenvalue weighted by atomic mass is 10.1. The van der Waals surface area contributed by atoms with Crippen LogP contribution in [-0.2, 0) is 19.8 Å². The van der Waals surface area contributed by atoms with Gasteiger partial charge in [0.2, 0.25) is 11.8 Å². The van der Waals surface area contributed by atoms with Crippen LogP contribution in [0.3, 0.4) is 0 Å². The Morgan fingerprint density at radius 1 is 0.869 bits per heavy atom. The van der Waals surface area contributed by atoms with Crippen molar-refractivity contribution >= 4 is 55.9 Å². The Labute approximate surface area is 346 Å². The predicted octanol–water partition coefficient (Wildman–Crippen LogP) is 3.89. The minimum absolute atomic E-state index is 0.0252. The highest BCUT2D eigenvalue weighted by atomic mass is 32.2. The van der Waals surface area contributed by atoms with Crippen LogP contribution in [0, 0.1) is 23.0 Å². The van der Waals surface area contributed by atoms with Crippen molar-refractivity contribution in [2.24, 2.45) is 0 Å². The average molecular weight is 856 g/mol. The highest BCUT2D eigenvalue weighted by Crippen LogP contribution is 2.35. The number of nitrogens with zero attached hydrogens (tertiary/aromatic N) is 6. The molecule has 0 aliphatic carbocycles. The number of aromatic nitrogens is 2. The molecule has 3 saturated heterocycles. The van der Waals surface area contributed by atoms with Crippen LogP contribution >= 0.6 is 0 Å². The van der Waals surface area contributed by atoms with E-state index in [1.165, 1.54) is 41.2 Å². The summed E-state index contributed by atoms with van der Waals surface area (Å²) in [4.78, 5) is 58.4. The smallest absolute Gasteiger partial charge is 0.301 e. The molecule has 0 saturated carbocycles. The topological polar surface area (TPSA) is 199 Å². The molecule has 0 bridgehead atoms. The number of hydrogen-bond acceptors (Lipinski definition) is 11. The second kappa shape index (κ2) is 16.6. The van der Waals surface area contributed by atoms with Crippen LogP contribution in [0.15, 0.2) is 83.9 Å². The van der Waals surface area contributed by atoms with E-state index in [0.717, 1.165) is 22.1 Å². The van der Waals surface area contributed by atoms with Gasteiger partial charge in [0.05, 0.1) is 27.8 Å². The minimum Gasteiger partial charge on any atom is -0.453 e. The lowest BCUT2D eigenvalue weighted by molar-refractivity contribution is -0.134. The molecule has 3 aliphatic rings. The van der Waals surface area contributed by atoms with Gasteiger partial charge in [-0.05, 0) is 85.6 Å². The molecule has 16 nitrogen and oxygen atoms in total. The normalized spacial score (nSPS) is 18.5. The van der Waals surface area contributed by atoms with E-state index >= 15 is 8.78 Å². The first-order chi connectivity index (χ1) is 29.3. The van der Waals surface area contributed by atoms with Gasteiger partial charge in [0.25, 0.3) is 11.5 Å². The van der Waals surface area contributed by atoms with Crippen LogP contribution in [0.25, 0.3) is 16.6 Å². The van der Waals surface area contributed by atoms with Crippen molar-refractivity contribution in [2.45, 2.75) is 31.5 Å². The summed E-state index contributed by atoms with van der Waals surface area (Å²) in [5.74, 6) is -4.11. The molecular formula is C41H36F3N9O7S. The number of carbonyl (C=O) groups is 3. The minimum atomic E-state index is -4.26. The Balaban J connectivity index is 0.929. The fraction of sp³-hybridized carbons (Fsp3) is 0.268. The van der Waals surface area contributed by atoms with Crippen molar-refractivity contribution in [2.75, 3.05) is 53.8 Å². The number of benzene rings is 4. The van der Waals surface area contributed by atoms with Crippen molar-refractivity contribution in [3.63, 3.8) is 0 Å². The molecule has 1 unspecified atom stereocenters. The van der Waals surface area contributed by atoms with Crippen LogP contribution in [-0.4, -0.2) is 91.5 Å². The van der Waals surface area contributed by atoms with Crippen LogP contribution < -0.4 is 35.5 Å². The Hall–Kier alpha value is -6.98. The first-order valence-electron chi connectivity index (χ1n) is 19.2. The molecular weight excluding hydrogens is 820 g/mol. The molecule has 3 amide bonds. The standard InChI is InChI=1S/C41H36F3N9O7S/c42-24-13-14-52(22-24)61(58,59)49-35-10-8-32(43)38(31(35)21-45)60-28-6-9-34-30(20-28)41(57)53(23-46-34)26-3-1-25(2-4-26)50-15-17-51(18-16-50)27-5-7-29(33(44)19-27)39(55)47-36-11-12-37(54)48-40(36)56/h1-10,19-20,23-24,36,49H,11-18,22H2,(H,47,55)(H,48,54,56)/t24-,36?/m1/s1.